The molecule has 1 aromatic rings. The van der Waals surface area contributed by atoms with E-state index in [9.17, 15) is 13.5 Å². The molecule has 1 fully saturated rings. The zero-order chi connectivity index (χ0) is 16.5. The molecule has 0 unspecified atom stereocenters. The van der Waals surface area contributed by atoms with Crippen molar-refractivity contribution in [1.82, 2.24) is 4.90 Å². The third-order valence-electron chi connectivity index (χ3n) is 4.59. The molecule has 1 N–H and O–H groups in total. The van der Waals surface area contributed by atoms with Crippen molar-refractivity contribution in [3.05, 3.63) is 28.8 Å². The summed E-state index contributed by atoms with van der Waals surface area (Å²) in [5, 5.41) is 10.2. The summed E-state index contributed by atoms with van der Waals surface area (Å²) in [6.45, 7) is 9.72. The standard InChI is InChI=1S/C17H27NO3S/c1-5-18(15-6-7-22(20,21)11-15)10-14-9-16(12(2)3)13(4)8-17(14)19/h8-9,12,15,19H,5-7,10-11H2,1-4H3/t15-/m0/s1. The molecule has 1 aromatic carbocycles. The van der Waals surface area contributed by atoms with Gasteiger partial charge in [-0.2, -0.15) is 0 Å². The quantitative estimate of drug-likeness (QED) is 0.904. The first-order valence-corrected chi connectivity index (χ1v) is 9.82. The van der Waals surface area contributed by atoms with Crippen LogP contribution in [0.2, 0.25) is 0 Å². The van der Waals surface area contributed by atoms with Gasteiger partial charge < -0.3 is 5.11 Å². The lowest BCUT2D eigenvalue weighted by molar-refractivity contribution is 0.212. The number of benzene rings is 1. The van der Waals surface area contributed by atoms with Gasteiger partial charge in [-0.3, -0.25) is 4.90 Å². The highest BCUT2D eigenvalue weighted by molar-refractivity contribution is 7.91. The van der Waals surface area contributed by atoms with Crippen molar-refractivity contribution in [2.45, 2.75) is 52.6 Å². The average molecular weight is 325 g/mol. The van der Waals surface area contributed by atoms with E-state index in [1.807, 2.05) is 19.9 Å². The molecule has 22 heavy (non-hydrogen) atoms. The number of phenols is 1. The molecule has 2 rings (SSSR count). The second-order valence-electron chi connectivity index (χ2n) is 6.61. The van der Waals surface area contributed by atoms with Gasteiger partial charge in [0.2, 0.25) is 0 Å². The van der Waals surface area contributed by atoms with Gasteiger partial charge in [-0.05, 0) is 43.0 Å². The number of phenolic OH excluding ortho intramolecular Hbond substituents is 1. The minimum Gasteiger partial charge on any atom is -0.508 e. The molecule has 0 radical (unpaired) electrons. The molecule has 5 heteroatoms. The Kier molecular flexibility index (Phi) is 5.17. The fourth-order valence-electron chi connectivity index (χ4n) is 3.29. The Morgan fingerprint density at radius 2 is 2.05 bits per heavy atom. The maximum Gasteiger partial charge on any atom is 0.151 e. The molecule has 0 amide bonds. The number of nitrogens with zero attached hydrogens (tertiary/aromatic N) is 1. The van der Waals surface area contributed by atoms with E-state index >= 15 is 0 Å². The Hall–Kier alpha value is -1.07. The van der Waals surface area contributed by atoms with Crippen LogP contribution in [0.15, 0.2) is 12.1 Å². The highest BCUT2D eigenvalue weighted by atomic mass is 32.2. The zero-order valence-corrected chi connectivity index (χ0v) is 14.8. The SMILES string of the molecule is CCN(Cc1cc(C(C)C)c(C)cc1O)[C@H]1CCS(=O)(=O)C1. The van der Waals surface area contributed by atoms with Crippen LogP contribution in [0.5, 0.6) is 5.75 Å². The largest absolute Gasteiger partial charge is 0.508 e. The van der Waals surface area contributed by atoms with Gasteiger partial charge in [-0.1, -0.05) is 26.8 Å². The summed E-state index contributed by atoms with van der Waals surface area (Å²) < 4.78 is 23.4. The predicted octanol–water partition coefficient (Wildman–Crippen LogP) is 2.83. The molecule has 1 aliphatic heterocycles. The molecule has 0 aromatic heterocycles. The number of hydrogen-bond donors (Lipinski definition) is 1. The summed E-state index contributed by atoms with van der Waals surface area (Å²) in [6, 6.07) is 3.96. The van der Waals surface area contributed by atoms with Crippen LogP contribution < -0.4 is 0 Å². The normalized spacial score (nSPS) is 20.9. The first-order chi connectivity index (χ1) is 10.2. The van der Waals surface area contributed by atoms with Gasteiger partial charge in [-0.25, -0.2) is 8.42 Å². The monoisotopic (exact) mass is 325 g/mol. The molecule has 1 heterocycles. The molecule has 1 atom stereocenters. The fourth-order valence-corrected chi connectivity index (χ4v) is 5.05. The van der Waals surface area contributed by atoms with E-state index in [0.717, 1.165) is 17.7 Å². The third-order valence-corrected chi connectivity index (χ3v) is 6.34. The first-order valence-electron chi connectivity index (χ1n) is 8.00. The highest BCUT2D eigenvalue weighted by Crippen LogP contribution is 2.29. The van der Waals surface area contributed by atoms with Gasteiger partial charge in [-0.15, -0.1) is 0 Å². The minimum absolute atomic E-state index is 0.0678. The number of sulfone groups is 1. The number of aromatic hydroxyl groups is 1. The van der Waals surface area contributed by atoms with Crippen LogP contribution in [-0.4, -0.2) is 42.5 Å². The number of hydrogen-bond acceptors (Lipinski definition) is 4. The van der Waals surface area contributed by atoms with Crippen molar-refractivity contribution in [2.75, 3.05) is 18.1 Å². The van der Waals surface area contributed by atoms with Crippen LogP contribution in [0.4, 0.5) is 0 Å². The lowest BCUT2D eigenvalue weighted by Crippen LogP contribution is -2.35. The van der Waals surface area contributed by atoms with Crippen LogP contribution in [0.1, 0.15) is 49.8 Å². The molecular formula is C17H27NO3S. The van der Waals surface area contributed by atoms with E-state index in [1.165, 1.54) is 5.56 Å². The number of rotatable bonds is 5. The summed E-state index contributed by atoms with van der Waals surface area (Å²) in [5.74, 6) is 1.23. The van der Waals surface area contributed by atoms with E-state index in [4.69, 9.17) is 0 Å². The van der Waals surface area contributed by atoms with E-state index < -0.39 is 9.84 Å². The molecule has 0 spiro atoms. The van der Waals surface area contributed by atoms with E-state index in [-0.39, 0.29) is 17.5 Å². The zero-order valence-electron chi connectivity index (χ0n) is 14.0. The average Bonchev–Trinajstić information content (AvgIpc) is 2.77. The van der Waals surface area contributed by atoms with Crippen LogP contribution in [0, 0.1) is 6.92 Å². The van der Waals surface area contributed by atoms with Crippen LogP contribution in [0.25, 0.3) is 0 Å². The fraction of sp³-hybridized carbons (Fsp3) is 0.647. The second-order valence-corrected chi connectivity index (χ2v) is 8.84. The maximum atomic E-state index is 11.7. The number of aryl methyl sites for hydroxylation is 1. The molecule has 0 saturated carbocycles. The van der Waals surface area contributed by atoms with Crippen molar-refractivity contribution >= 4 is 9.84 Å². The Morgan fingerprint density at radius 3 is 2.55 bits per heavy atom. The van der Waals surface area contributed by atoms with Crippen LogP contribution in [-0.2, 0) is 16.4 Å². The van der Waals surface area contributed by atoms with Gasteiger partial charge in [0.05, 0.1) is 11.5 Å². The minimum atomic E-state index is -2.89. The second kappa shape index (κ2) is 6.59. The highest BCUT2D eigenvalue weighted by Gasteiger charge is 2.31. The predicted molar refractivity (Wildman–Crippen MR) is 90.1 cm³/mol. The van der Waals surface area contributed by atoms with Gasteiger partial charge >= 0.3 is 0 Å². The van der Waals surface area contributed by atoms with Gasteiger partial charge in [0, 0.05) is 18.2 Å². The van der Waals surface area contributed by atoms with Gasteiger partial charge in [0.1, 0.15) is 5.75 Å². The molecule has 1 saturated heterocycles. The lowest BCUT2D eigenvalue weighted by Gasteiger charge is -2.27. The van der Waals surface area contributed by atoms with E-state index in [1.54, 1.807) is 0 Å². The van der Waals surface area contributed by atoms with Crippen LogP contribution >= 0.6 is 0 Å². The van der Waals surface area contributed by atoms with Gasteiger partial charge in [0.15, 0.2) is 9.84 Å². The maximum absolute atomic E-state index is 11.7. The van der Waals surface area contributed by atoms with Gasteiger partial charge in [0.25, 0.3) is 0 Å². The smallest absolute Gasteiger partial charge is 0.151 e. The van der Waals surface area contributed by atoms with Crippen molar-refractivity contribution in [3.63, 3.8) is 0 Å². The summed E-state index contributed by atoms with van der Waals surface area (Å²) >= 11 is 0. The van der Waals surface area contributed by atoms with Crippen molar-refractivity contribution < 1.29 is 13.5 Å². The molecule has 0 bridgehead atoms. The molecule has 0 aliphatic carbocycles. The lowest BCUT2D eigenvalue weighted by atomic mass is 9.95. The van der Waals surface area contributed by atoms with Crippen molar-refractivity contribution in [2.24, 2.45) is 0 Å². The summed E-state index contributed by atoms with van der Waals surface area (Å²) in [6.07, 6.45) is 0.694. The topological polar surface area (TPSA) is 57.6 Å². The Morgan fingerprint density at radius 1 is 1.36 bits per heavy atom. The Labute approximate surface area is 134 Å². The molecule has 4 nitrogen and oxygen atoms in total. The third kappa shape index (κ3) is 3.82. The van der Waals surface area contributed by atoms with E-state index in [0.29, 0.717) is 24.6 Å². The molecular weight excluding hydrogens is 298 g/mol. The summed E-state index contributed by atoms with van der Waals surface area (Å²) in [4.78, 5) is 2.17. The van der Waals surface area contributed by atoms with Crippen LogP contribution in [0.3, 0.4) is 0 Å². The summed E-state index contributed by atoms with van der Waals surface area (Å²) in [7, 11) is -2.89. The molecule has 1 aliphatic rings. The van der Waals surface area contributed by atoms with E-state index in [2.05, 4.69) is 24.8 Å². The molecule has 124 valence electrons. The summed E-state index contributed by atoms with van der Waals surface area (Å²) in [5.41, 5.74) is 3.23. The Balaban J connectivity index is 2.23. The first kappa shape index (κ1) is 17.3. The van der Waals surface area contributed by atoms with Crippen molar-refractivity contribution in [3.8, 4) is 5.75 Å². The van der Waals surface area contributed by atoms with Crippen molar-refractivity contribution in [1.29, 1.82) is 0 Å². The Bertz CT molecular complexity index is 638.